The molecule has 0 aliphatic carbocycles. The van der Waals surface area contributed by atoms with Gasteiger partial charge in [-0.25, -0.2) is 0 Å². The van der Waals surface area contributed by atoms with Crippen LogP contribution >= 0.6 is 0 Å². The molecule has 0 bridgehead atoms. The van der Waals surface area contributed by atoms with E-state index in [1.165, 1.54) is 0 Å². The molecule has 18 heavy (non-hydrogen) atoms. The number of hydrogen-bond acceptors (Lipinski definition) is 4. The molecule has 0 aliphatic rings. The van der Waals surface area contributed by atoms with Crippen molar-refractivity contribution in [2.75, 3.05) is 13.2 Å². The molecule has 0 aromatic rings. The van der Waals surface area contributed by atoms with Gasteiger partial charge in [-0.1, -0.05) is 20.3 Å². The Morgan fingerprint density at radius 2 is 1.72 bits per heavy atom. The first kappa shape index (κ1) is 17.1. The second kappa shape index (κ2) is 8.25. The van der Waals surface area contributed by atoms with Crippen molar-refractivity contribution in [1.82, 2.24) is 0 Å². The summed E-state index contributed by atoms with van der Waals surface area (Å²) in [6.45, 7) is 9.93. The highest BCUT2D eigenvalue weighted by atomic mass is 16.5. The molecule has 0 radical (unpaired) electrons. The molecular formula is C14H26O4. The first-order valence-corrected chi connectivity index (χ1v) is 6.81. The van der Waals surface area contributed by atoms with Crippen molar-refractivity contribution >= 4 is 11.8 Å². The van der Waals surface area contributed by atoms with E-state index in [0.717, 1.165) is 6.42 Å². The molecule has 4 heteroatoms. The SMILES string of the molecule is CCCC(C(=O)OCC)C(=O)C(C)(CC)OCC. The van der Waals surface area contributed by atoms with Crippen LogP contribution in [0.4, 0.5) is 0 Å². The van der Waals surface area contributed by atoms with Gasteiger partial charge in [-0.05, 0) is 33.6 Å². The van der Waals surface area contributed by atoms with Gasteiger partial charge in [0.05, 0.1) is 6.61 Å². The van der Waals surface area contributed by atoms with Gasteiger partial charge in [-0.15, -0.1) is 0 Å². The molecule has 0 saturated heterocycles. The molecule has 0 N–H and O–H groups in total. The second-order valence-corrected chi connectivity index (χ2v) is 4.47. The van der Waals surface area contributed by atoms with Gasteiger partial charge in [-0.2, -0.15) is 0 Å². The Balaban J connectivity index is 4.98. The van der Waals surface area contributed by atoms with E-state index in [1.54, 1.807) is 13.8 Å². The number of ketones is 1. The standard InChI is InChI=1S/C14H26O4/c1-6-10-11(13(16)17-8-3)12(15)14(5,7-2)18-9-4/h11H,6-10H2,1-5H3. The van der Waals surface area contributed by atoms with E-state index >= 15 is 0 Å². The van der Waals surface area contributed by atoms with Crippen molar-refractivity contribution in [2.24, 2.45) is 5.92 Å². The monoisotopic (exact) mass is 258 g/mol. The van der Waals surface area contributed by atoms with E-state index in [0.29, 0.717) is 26.1 Å². The van der Waals surface area contributed by atoms with Gasteiger partial charge in [-0.3, -0.25) is 9.59 Å². The molecule has 0 rings (SSSR count). The first-order chi connectivity index (χ1) is 8.46. The number of esters is 1. The zero-order chi connectivity index (χ0) is 14.2. The summed E-state index contributed by atoms with van der Waals surface area (Å²) in [5.74, 6) is -1.29. The number of ether oxygens (including phenoxy) is 2. The number of carbonyl (C=O) groups excluding carboxylic acids is 2. The van der Waals surface area contributed by atoms with Gasteiger partial charge in [0.1, 0.15) is 11.5 Å². The Hall–Kier alpha value is -0.900. The lowest BCUT2D eigenvalue weighted by atomic mass is 9.85. The van der Waals surface area contributed by atoms with Gasteiger partial charge >= 0.3 is 5.97 Å². The van der Waals surface area contributed by atoms with Crippen LogP contribution in [0.15, 0.2) is 0 Å². The Bertz CT molecular complexity index is 275. The predicted octanol–water partition coefficient (Wildman–Crippen LogP) is 2.74. The summed E-state index contributed by atoms with van der Waals surface area (Å²) in [6.07, 6.45) is 1.83. The maximum Gasteiger partial charge on any atom is 0.316 e. The molecule has 2 atom stereocenters. The molecule has 0 heterocycles. The van der Waals surface area contributed by atoms with Crippen LogP contribution in [0.5, 0.6) is 0 Å². The number of Topliss-reactive ketones (excluding diaryl/α,β-unsaturated/α-hetero) is 1. The van der Waals surface area contributed by atoms with Gasteiger partial charge in [0.2, 0.25) is 0 Å². The average Bonchev–Trinajstić information content (AvgIpc) is 2.35. The van der Waals surface area contributed by atoms with E-state index in [4.69, 9.17) is 9.47 Å². The summed E-state index contributed by atoms with van der Waals surface area (Å²) in [4.78, 5) is 24.3. The van der Waals surface area contributed by atoms with E-state index in [1.807, 2.05) is 20.8 Å². The van der Waals surface area contributed by atoms with Gasteiger partial charge in [0.15, 0.2) is 5.78 Å². The maximum absolute atomic E-state index is 12.5. The lowest BCUT2D eigenvalue weighted by molar-refractivity contribution is -0.160. The minimum Gasteiger partial charge on any atom is -0.465 e. The number of rotatable bonds is 9. The summed E-state index contributed by atoms with van der Waals surface area (Å²) in [7, 11) is 0. The van der Waals surface area contributed by atoms with Crippen LogP contribution in [0.25, 0.3) is 0 Å². The van der Waals surface area contributed by atoms with Crippen molar-refractivity contribution in [3.05, 3.63) is 0 Å². The van der Waals surface area contributed by atoms with Crippen LogP contribution in [0.1, 0.15) is 53.9 Å². The number of carbonyl (C=O) groups is 2. The second-order valence-electron chi connectivity index (χ2n) is 4.47. The lowest BCUT2D eigenvalue weighted by Crippen LogP contribution is -2.45. The zero-order valence-electron chi connectivity index (χ0n) is 12.2. The zero-order valence-corrected chi connectivity index (χ0v) is 12.2. The Morgan fingerprint density at radius 1 is 1.11 bits per heavy atom. The fourth-order valence-corrected chi connectivity index (χ4v) is 1.92. The Morgan fingerprint density at radius 3 is 2.11 bits per heavy atom. The molecule has 4 nitrogen and oxygen atoms in total. The molecule has 0 spiro atoms. The van der Waals surface area contributed by atoms with Crippen LogP contribution in [-0.2, 0) is 19.1 Å². The molecule has 0 aromatic heterocycles. The van der Waals surface area contributed by atoms with E-state index < -0.39 is 17.5 Å². The highest BCUT2D eigenvalue weighted by Gasteiger charge is 2.40. The molecular weight excluding hydrogens is 232 g/mol. The fraction of sp³-hybridized carbons (Fsp3) is 0.857. The average molecular weight is 258 g/mol. The third kappa shape index (κ3) is 4.41. The highest BCUT2D eigenvalue weighted by molar-refractivity contribution is 6.03. The van der Waals surface area contributed by atoms with Crippen molar-refractivity contribution in [3.8, 4) is 0 Å². The molecule has 0 aliphatic heterocycles. The minimum atomic E-state index is -0.888. The molecule has 0 aromatic carbocycles. The largest absolute Gasteiger partial charge is 0.465 e. The topological polar surface area (TPSA) is 52.6 Å². The summed E-state index contributed by atoms with van der Waals surface area (Å²) in [5.41, 5.74) is -0.888. The fourth-order valence-electron chi connectivity index (χ4n) is 1.92. The van der Waals surface area contributed by atoms with Gasteiger partial charge in [0.25, 0.3) is 0 Å². The van der Waals surface area contributed by atoms with Crippen LogP contribution in [0.3, 0.4) is 0 Å². The van der Waals surface area contributed by atoms with Crippen LogP contribution < -0.4 is 0 Å². The lowest BCUT2D eigenvalue weighted by Gasteiger charge is -2.29. The van der Waals surface area contributed by atoms with E-state index in [9.17, 15) is 9.59 Å². The summed E-state index contributed by atoms with van der Waals surface area (Å²) in [5, 5.41) is 0. The normalized spacial score (nSPS) is 15.8. The van der Waals surface area contributed by atoms with E-state index in [-0.39, 0.29) is 5.78 Å². The molecule has 0 amide bonds. The van der Waals surface area contributed by atoms with Crippen molar-refractivity contribution < 1.29 is 19.1 Å². The third-order valence-electron chi connectivity index (χ3n) is 3.12. The predicted molar refractivity (Wildman–Crippen MR) is 70.4 cm³/mol. The van der Waals surface area contributed by atoms with Crippen molar-refractivity contribution in [2.45, 2.75) is 59.5 Å². The van der Waals surface area contributed by atoms with Crippen molar-refractivity contribution in [1.29, 1.82) is 0 Å². The summed E-state index contributed by atoms with van der Waals surface area (Å²) >= 11 is 0. The molecule has 0 saturated carbocycles. The quantitative estimate of drug-likeness (QED) is 0.471. The highest BCUT2D eigenvalue weighted by Crippen LogP contribution is 2.24. The van der Waals surface area contributed by atoms with Crippen LogP contribution in [0.2, 0.25) is 0 Å². The van der Waals surface area contributed by atoms with Crippen molar-refractivity contribution in [3.63, 3.8) is 0 Å². The summed E-state index contributed by atoms with van der Waals surface area (Å²) < 4.78 is 10.5. The Kier molecular flexibility index (Phi) is 7.83. The molecule has 0 fully saturated rings. The van der Waals surface area contributed by atoms with Crippen LogP contribution in [0, 0.1) is 5.92 Å². The van der Waals surface area contributed by atoms with E-state index in [2.05, 4.69) is 0 Å². The third-order valence-corrected chi connectivity index (χ3v) is 3.12. The minimum absolute atomic E-state index is 0.160. The smallest absolute Gasteiger partial charge is 0.316 e. The molecule has 106 valence electrons. The maximum atomic E-state index is 12.5. The summed E-state index contributed by atoms with van der Waals surface area (Å²) in [6, 6.07) is 0. The van der Waals surface area contributed by atoms with Gasteiger partial charge in [0, 0.05) is 6.61 Å². The van der Waals surface area contributed by atoms with Crippen LogP contribution in [-0.4, -0.2) is 30.6 Å². The molecule has 2 unspecified atom stereocenters. The first-order valence-electron chi connectivity index (χ1n) is 6.81. The number of hydrogen-bond donors (Lipinski definition) is 0. The Labute approximate surface area is 110 Å². The van der Waals surface area contributed by atoms with Gasteiger partial charge < -0.3 is 9.47 Å².